The Morgan fingerprint density at radius 3 is 2.76 bits per heavy atom. The fourth-order valence-electron chi connectivity index (χ4n) is 2.20. The van der Waals surface area contributed by atoms with Crippen molar-refractivity contribution in [2.24, 2.45) is 0 Å². The van der Waals surface area contributed by atoms with Crippen LogP contribution in [-0.4, -0.2) is 31.1 Å². The van der Waals surface area contributed by atoms with Gasteiger partial charge in [0.2, 0.25) is 0 Å². The maximum absolute atomic E-state index is 12.1. The number of aromatic nitrogens is 5. The predicted octanol–water partition coefficient (Wildman–Crippen LogP) is 1.60. The van der Waals surface area contributed by atoms with Gasteiger partial charge in [-0.2, -0.15) is 0 Å². The largest absolute Gasteiger partial charge is 0.486 e. The van der Waals surface area contributed by atoms with Crippen LogP contribution in [-0.2, 0) is 19.7 Å². The normalized spacial score (nSPS) is 10.4. The van der Waals surface area contributed by atoms with Crippen LogP contribution >= 0.6 is 0 Å². The number of hydrogen-bond donors (Lipinski definition) is 1. The van der Waals surface area contributed by atoms with E-state index in [0.717, 1.165) is 5.69 Å². The molecule has 0 saturated heterocycles. The van der Waals surface area contributed by atoms with Gasteiger partial charge in [-0.15, -0.1) is 5.10 Å². The first-order valence-electron chi connectivity index (χ1n) is 7.92. The molecule has 0 aliphatic heterocycles. The van der Waals surface area contributed by atoms with Crippen LogP contribution in [0.15, 0.2) is 48.7 Å². The van der Waals surface area contributed by atoms with E-state index in [2.05, 4.69) is 25.8 Å². The SMILES string of the molecule is CCn1nnnc1COc1ccc(C(=O)NCc2ccccn2)cc1. The number of aryl methyl sites for hydroxylation is 1. The number of carbonyl (C=O) groups excluding carboxylic acids is 1. The number of nitrogens with zero attached hydrogens (tertiary/aromatic N) is 5. The van der Waals surface area contributed by atoms with Crippen LogP contribution in [0.25, 0.3) is 0 Å². The molecule has 3 rings (SSSR count). The van der Waals surface area contributed by atoms with Crippen molar-refractivity contribution < 1.29 is 9.53 Å². The molecule has 0 fully saturated rings. The van der Waals surface area contributed by atoms with Crippen LogP contribution in [0.3, 0.4) is 0 Å². The lowest BCUT2D eigenvalue weighted by molar-refractivity contribution is 0.0950. The van der Waals surface area contributed by atoms with E-state index in [0.29, 0.717) is 30.2 Å². The van der Waals surface area contributed by atoms with E-state index in [1.807, 2.05) is 25.1 Å². The van der Waals surface area contributed by atoms with E-state index in [-0.39, 0.29) is 12.5 Å². The van der Waals surface area contributed by atoms with E-state index in [4.69, 9.17) is 4.74 Å². The maximum Gasteiger partial charge on any atom is 0.251 e. The Bertz CT molecular complexity index is 817. The molecular weight excluding hydrogens is 320 g/mol. The summed E-state index contributed by atoms with van der Waals surface area (Å²) in [5.74, 6) is 1.14. The lowest BCUT2D eigenvalue weighted by Crippen LogP contribution is -2.23. The van der Waals surface area contributed by atoms with Crippen molar-refractivity contribution in [3.8, 4) is 5.75 Å². The first kappa shape index (κ1) is 16.6. The molecule has 8 nitrogen and oxygen atoms in total. The number of hydrogen-bond acceptors (Lipinski definition) is 6. The first-order valence-corrected chi connectivity index (χ1v) is 7.92. The molecule has 8 heteroatoms. The van der Waals surface area contributed by atoms with Gasteiger partial charge >= 0.3 is 0 Å². The Morgan fingerprint density at radius 2 is 2.04 bits per heavy atom. The molecule has 128 valence electrons. The number of carbonyl (C=O) groups is 1. The quantitative estimate of drug-likeness (QED) is 0.703. The molecular formula is C17H18N6O2. The Kier molecular flexibility index (Phi) is 5.30. The Labute approximate surface area is 144 Å². The monoisotopic (exact) mass is 338 g/mol. The van der Waals surface area contributed by atoms with Crippen LogP contribution in [0.1, 0.15) is 28.8 Å². The third-order valence-electron chi connectivity index (χ3n) is 3.55. The minimum absolute atomic E-state index is 0.160. The summed E-state index contributed by atoms with van der Waals surface area (Å²) in [7, 11) is 0. The van der Waals surface area contributed by atoms with Gasteiger partial charge in [0.1, 0.15) is 12.4 Å². The van der Waals surface area contributed by atoms with Crippen molar-refractivity contribution in [1.82, 2.24) is 30.5 Å². The molecule has 1 N–H and O–H groups in total. The van der Waals surface area contributed by atoms with Crippen LogP contribution in [0, 0.1) is 0 Å². The van der Waals surface area contributed by atoms with Crippen molar-refractivity contribution in [2.75, 3.05) is 0 Å². The van der Waals surface area contributed by atoms with Crippen molar-refractivity contribution in [2.45, 2.75) is 26.6 Å². The molecule has 2 aromatic heterocycles. The highest BCUT2D eigenvalue weighted by molar-refractivity contribution is 5.94. The highest BCUT2D eigenvalue weighted by Gasteiger charge is 2.08. The third kappa shape index (κ3) is 4.37. The first-order chi connectivity index (χ1) is 12.3. The average Bonchev–Trinajstić information content (AvgIpc) is 3.13. The minimum Gasteiger partial charge on any atom is -0.486 e. The van der Waals surface area contributed by atoms with Gasteiger partial charge in [0.05, 0.1) is 12.2 Å². The molecule has 2 heterocycles. The van der Waals surface area contributed by atoms with Gasteiger partial charge in [-0.1, -0.05) is 6.07 Å². The predicted molar refractivity (Wildman–Crippen MR) is 89.7 cm³/mol. The summed E-state index contributed by atoms with van der Waals surface area (Å²) in [4.78, 5) is 16.3. The van der Waals surface area contributed by atoms with Crippen molar-refractivity contribution >= 4 is 5.91 Å². The van der Waals surface area contributed by atoms with Crippen LogP contribution < -0.4 is 10.1 Å². The molecule has 0 spiro atoms. The van der Waals surface area contributed by atoms with E-state index >= 15 is 0 Å². The maximum atomic E-state index is 12.1. The summed E-state index contributed by atoms with van der Waals surface area (Å²) in [5, 5.41) is 14.2. The van der Waals surface area contributed by atoms with E-state index in [1.165, 1.54) is 0 Å². The summed E-state index contributed by atoms with van der Waals surface area (Å²) in [6.07, 6.45) is 1.70. The second kappa shape index (κ2) is 8.00. The number of ether oxygens (including phenoxy) is 1. The number of amides is 1. The molecule has 0 aliphatic carbocycles. The van der Waals surface area contributed by atoms with E-state index < -0.39 is 0 Å². The Balaban J connectivity index is 1.53. The standard InChI is InChI=1S/C17H18N6O2/c1-2-23-16(20-21-22-23)12-25-15-8-6-13(7-9-15)17(24)19-11-14-5-3-4-10-18-14/h3-10H,2,11-12H2,1H3,(H,19,24). The van der Waals surface area contributed by atoms with Gasteiger partial charge in [-0.3, -0.25) is 9.78 Å². The Hall–Kier alpha value is -3.29. The summed E-state index contributed by atoms with van der Waals surface area (Å²) in [6.45, 7) is 3.29. The van der Waals surface area contributed by atoms with Gasteiger partial charge in [0.25, 0.3) is 5.91 Å². The van der Waals surface area contributed by atoms with Gasteiger partial charge in [0.15, 0.2) is 5.82 Å². The molecule has 1 aromatic carbocycles. The summed E-state index contributed by atoms with van der Waals surface area (Å²) in [5.41, 5.74) is 1.37. The molecule has 0 atom stereocenters. The average molecular weight is 338 g/mol. The molecule has 0 unspecified atom stereocenters. The summed E-state index contributed by atoms with van der Waals surface area (Å²) >= 11 is 0. The molecule has 3 aromatic rings. The molecule has 1 amide bonds. The Morgan fingerprint density at radius 1 is 1.20 bits per heavy atom. The van der Waals surface area contributed by atoms with E-state index in [1.54, 1.807) is 35.1 Å². The lowest BCUT2D eigenvalue weighted by Gasteiger charge is -2.08. The fourth-order valence-corrected chi connectivity index (χ4v) is 2.20. The second-order valence-corrected chi connectivity index (χ2v) is 5.23. The van der Waals surface area contributed by atoms with Gasteiger partial charge < -0.3 is 10.1 Å². The number of pyridine rings is 1. The smallest absolute Gasteiger partial charge is 0.251 e. The van der Waals surface area contributed by atoms with Crippen molar-refractivity contribution in [1.29, 1.82) is 0 Å². The van der Waals surface area contributed by atoms with E-state index in [9.17, 15) is 4.79 Å². The van der Waals surface area contributed by atoms with Gasteiger partial charge in [-0.05, 0) is 53.7 Å². The minimum atomic E-state index is -0.160. The number of rotatable bonds is 7. The fraction of sp³-hybridized carbons (Fsp3) is 0.235. The number of benzene rings is 1. The zero-order chi connectivity index (χ0) is 17.5. The van der Waals surface area contributed by atoms with Crippen molar-refractivity contribution in [3.05, 3.63) is 65.7 Å². The zero-order valence-corrected chi connectivity index (χ0v) is 13.8. The van der Waals surface area contributed by atoms with Gasteiger partial charge in [-0.25, -0.2) is 4.68 Å². The highest BCUT2D eigenvalue weighted by atomic mass is 16.5. The molecule has 25 heavy (non-hydrogen) atoms. The zero-order valence-electron chi connectivity index (χ0n) is 13.8. The van der Waals surface area contributed by atoms with Crippen LogP contribution in [0.4, 0.5) is 0 Å². The lowest BCUT2D eigenvalue weighted by atomic mass is 10.2. The van der Waals surface area contributed by atoms with Crippen LogP contribution in [0.2, 0.25) is 0 Å². The van der Waals surface area contributed by atoms with Crippen molar-refractivity contribution in [3.63, 3.8) is 0 Å². The highest BCUT2D eigenvalue weighted by Crippen LogP contribution is 2.13. The number of nitrogens with one attached hydrogen (secondary N) is 1. The number of tetrazole rings is 1. The second-order valence-electron chi connectivity index (χ2n) is 5.23. The summed E-state index contributed by atoms with van der Waals surface area (Å²) < 4.78 is 7.32. The molecule has 0 bridgehead atoms. The van der Waals surface area contributed by atoms with Crippen LogP contribution in [0.5, 0.6) is 5.75 Å². The molecule has 0 aliphatic rings. The summed E-state index contributed by atoms with van der Waals surface area (Å²) in [6, 6.07) is 12.5. The molecule has 0 radical (unpaired) electrons. The molecule has 0 saturated carbocycles. The van der Waals surface area contributed by atoms with Gasteiger partial charge in [0, 0.05) is 18.3 Å². The topological polar surface area (TPSA) is 94.8 Å². The third-order valence-corrected chi connectivity index (χ3v) is 3.55.